The number of nitrogens with one attached hydrogen (secondary N) is 3. The number of anilines is 1. The molecule has 3 aromatic rings. The Labute approximate surface area is 240 Å². The molecule has 4 N–H and O–H groups in total. The van der Waals surface area contributed by atoms with Crippen LogP contribution in [0.1, 0.15) is 25.8 Å². The van der Waals surface area contributed by atoms with Crippen LogP contribution in [0.15, 0.2) is 47.2 Å². The van der Waals surface area contributed by atoms with E-state index in [1.165, 1.54) is 18.4 Å². The van der Waals surface area contributed by atoms with Crippen LogP contribution in [-0.4, -0.2) is 65.8 Å². The number of thiazole rings is 1. The Morgan fingerprint density at radius 3 is 2.93 bits per heavy atom. The topological polar surface area (TPSA) is 165 Å². The molecule has 0 saturated carbocycles. The number of fused-ring (bicyclic) bond motifs is 1. The van der Waals surface area contributed by atoms with Gasteiger partial charge in [0.15, 0.2) is 0 Å². The number of hydrogen-bond donors (Lipinski definition) is 4. The second-order valence-corrected chi connectivity index (χ2v) is 10.8. The number of methoxy groups -OCH3 is 1. The first-order chi connectivity index (χ1) is 19.8. The Bertz CT molecular complexity index is 1600. The number of urea groups is 1. The highest BCUT2D eigenvalue weighted by Crippen LogP contribution is 2.46. The van der Waals surface area contributed by atoms with Crippen LogP contribution in [0.5, 0.6) is 5.75 Å². The fraction of sp³-hybridized carbons (Fsp3) is 0.357. The number of carboxylic acid groups (broad SMARTS) is 1. The van der Waals surface area contributed by atoms with Gasteiger partial charge in [-0.1, -0.05) is 0 Å². The average molecular weight is 575 g/mol. The van der Waals surface area contributed by atoms with Crippen molar-refractivity contribution in [3.05, 3.63) is 47.7 Å². The first-order valence-corrected chi connectivity index (χ1v) is 14.0. The van der Waals surface area contributed by atoms with Gasteiger partial charge in [-0.05, 0) is 51.1 Å². The predicted octanol–water partition coefficient (Wildman–Crippen LogP) is 3.32. The molecule has 0 spiro atoms. The molecule has 41 heavy (non-hydrogen) atoms. The fourth-order valence-corrected chi connectivity index (χ4v) is 6.37. The van der Waals surface area contributed by atoms with Gasteiger partial charge in [0.1, 0.15) is 17.4 Å². The van der Waals surface area contributed by atoms with Crippen molar-refractivity contribution in [1.29, 1.82) is 5.26 Å². The zero-order chi connectivity index (χ0) is 29.2. The third-order valence-electron chi connectivity index (χ3n) is 7.70. The number of carbonyl (C=O) groups is 2. The standard InChI is InChI=1S/C28H30N8O4S/c1-4-31-26(39)35-28(22-15-30-10-7-27(22,2)25(37)38)34-8-5-11-36(28)17-12-18(24-20(13-17)33-16-41-24)23-19(14-29)21(40-3)6-9-32-23/h5-6,8-9,11-13,16,22,30H,4,7,10,15H2,1-3H3,(H,37,38)(H2,31,35,39). The van der Waals surface area contributed by atoms with E-state index in [4.69, 9.17) is 9.73 Å². The van der Waals surface area contributed by atoms with Gasteiger partial charge in [-0.3, -0.25) is 15.1 Å². The van der Waals surface area contributed by atoms with Crippen LogP contribution in [0, 0.1) is 22.7 Å². The normalized spacial score (nSPS) is 23.7. The molecule has 1 saturated heterocycles. The maximum atomic E-state index is 13.1. The zero-order valence-electron chi connectivity index (χ0n) is 22.8. The van der Waals surface area contributed by atoms with E-state index >= 15 is 0 Å². The Hall–Kier alpha value is -4.54. The van der Waals surface area contributed by atoms with Crippen LogP contribution >= 0.6 is 11.3 Å². The Morgan fingerprint density at radius 1 is 1.37 bits per heavy atom. The van der Waals surface area contributed by atoms with Gasteiger partial charge in [0.05, 0.1) is 39.9 Å². The SMILES string of the molecule is CCNC(=O)NC1(C2CNCCC2(C)C(=O)O)N=CC=CN1c1cc(-c2nccc(OC)c2C#N)c2scnc2c1. The minimum atomic E-state index is -1.52. The predicted molar refractivity (Wildman–Crippen MR) is 156 cm³/mol. The molecule has 3 atom stereocenters. The molecule has 12 nitrogen and oxygen atoms in total. The van der Waals surface area contributed by atoms with Crippen molar-refractivity contribution >= 4 is 45.5 Å². The van der Waals surface area contributed by atoms with Gasteiger partial charge < -0.3 is 25.4 Å². The number of amides is 2. The summed E-state index contributed by atoms with van der Waals surface area (Å²) in [6, 6.07) is 7.06. The van der Waals surface area contributed by atoms with Crippen LogP contribution < -0.4 is 25.6 Å². The number of nitrogens with zero attached hydrogens (tertiary/aromatic N) is 5. The van der Waals surface area contributed by atoms with Crippen LogP contribution in [-0.2, 0) is 4.79 Å². The van der Waals surface area contributed by atoms with Crippen LogP contribution in [0.25, 0.3) is 21.5 Å². The maximum absolute atomic E-state index is 13.1. The smallest absolute Gasteiger partial charge is 0.318 e. The van der Waals surface area contributed by atoms with Crippen molar-refractivity contribution in [3.63, 3.8) is 0 Å². The number of hydrogen-bond acceptors (Lipinski definition) is 10. The van der Waals surface area contributed by atoms with E-state index in [0.29, 0.717) is 54.3 Å². The maximum Gasteiger partial charge on any atom is 0.318 e. The highest BCUT2D eigenvalue weighted by molar-refractivity contribution is 7.17. The number of rotatable bonds is 7. The lowest BCUT2D eigenvalue weighted by Crippen LogP contribution is -2.71. The van der Waals surface area contributed by atoms with Crippen molar-refractivity contribution in [2.45, 2.75) is 26.1 Å². The molecule has 1 aromatic carbocycles. The molecule has 1 fully saturated rings. The lowest BCUT2D eigenvalue weighted by molar-refractivity contribution is -0.155. The van der Waals surface area contributed by atoms with E-state index in [2.05, 4.69) is 32.0 Å². The van der Waals surface area contributed by atoms with E-state index < -0.39 is 29.1 Å². The minimum Gasteiger partial charge on any atom is -0.495 e. The largest absolute Gasteiger partial charge is 0.495 e. The van der Waals surface area contributed by atoms with E-state index in [9.17, 15) is 20.0 Å². The number of pyridine rings is 1. The molecule has 0 bridgehead atoms. The van der Waals surface area contributed by atoms with E-state index in [0.717, 1.165) is 4.70 Å². The molecule has 2 aliphatic rings. The Morgan fingerprint density at radius 2 is 2.20 bits per heavy atom. The van der Waals surface area contributed by atoms with Crippen molar-refractivity contribution in [1.82, 2.24) is 25.9 Å². The molecule has 0 radical (unpaired) electrons. The van der Waals surface area contributed by atoms with Crippen molar-refractivity contribution < 1.29 is 19.4 Å². The van der Waals surface area contributed by atoms with Crippen LogP contribution in [0.2, 0.25) is 0 Å². The van der Waals surface area contributed by atoms with Gasteiger partial charge in [0, 0.05) is 43.0 Å². The first kappa shape index (κ1) is 28.0. The summed E-state index contributed by atoms with van der Waals surface area (Å²) in [6.07, 6.45) is 6.97. The molecule has 5 rings (SSSR count). The van der Waals surface area contributed by atoms with E-state index in [-0.39, 0.29) is 5.56 Å². The number of carbonyl (C=O) groups excluding carboxylic acids is 1. The second-order valence-electron chi connectivity index (χ2n) is 9.97. The summed E-state index contributed by atoms with van der Waals surface area (Å²) in [4.78, 5) is 41.5. The molecule has 13 heteroatoms. The van der Waals surface area contributed by atoms with Gasteiger partial charge in [-0.2, -0.15) is 5.26 Å². The van der Waals surface area contributed by atoms with Crippen molar-refractivity contribution in [3.8, 4) is 23.1 Å². The summed E-state index contributed by atoms with van der Waals surface area (Å²) < 4.78 is 6.24. The average Bonchev–Trinajstić information content (AvgIpc) is 3.45. The van der Waals surface area contributed by atoms with Crippen molar-refractivity contribution in [2.24, 2.45) is 16.3 Å². The number of aliphatic imine (C=N–C) groups is 1. The number of benzene rings is 1. The summed E-state index contributed by atoms with van der Waals surface area (Å²) in [5, 5.41) is 29.5. The number of nitriles is 1. The highest BCUT2D eigenvalue weighted by atomic mass is 32.1. The number of allylic oxidation sites excluding steroid dienone is 1. The number of carboxylic acids is 1. The zero-order valence-corrected chi connectivity index (χ0v) is 23.7. The Kier molecular flexibility index (Phi) is 7.61. The fourth-order valence-electron chi connectivity index (χ4n) is 5.58. The lowest BCUT2D eigenvalue weighted by atomic mass is 9.68. The number of aliphatic carboxylic acids is 1. The number of ether oxygens (including phenoxy) is 1. The molecule has 4 heterocycles. The van der Waals surface area contributed by atoms with Crippen LogP contribution in [0.4, 0.5) is 10.5 Å². The highest BCUT2D eigenvalue weighted by Gasteiger charge is 2.57. The third kappa shape index (κ3) is 4.75. The molecule has 2 aliphatic heterocycles. The summed E-state index contributed by atoms with van der Waals surface area (Å²) in [5.41, 5.74) is 3.06. The van der Waals surface area contributed by atoms with Crippen molar-refractivity contribution in [2.75, 3.05) is 31.6 Å². The van der Waals surface area contributed by atoms with Crippen LogP contribution in [0.3, 0.4) is 0 Å². The third-order valence-corrected chi connectivity index (χ3v) is 8.58. The lowest BCUT2D eigenvalue weighted by Gasteiger charge is -2.52. The first-order valence-electron chi connectivity index (χ1n) is 13.1. The number of piperidine rings is 1. The molecule has 2 aromatic heterocycles. The van der Waals surface area contributed by atoms with Gasteiger partial charge in [-0.15, -0.1) is 11.3 Å². The molecular formula is C28H30N8O4S. The minimum absolute atomic E-state index is 0.274. The molecule has 212 valence electrons. The van der Waals surface area contributed by atoms with Gasteiger partial charge in [0.2, 0.25) is 5.79 Å². The summed E-state index contributed by atoms with van der Waals surface area (Å²) in [5.74, 6) is -2.79. The summed E-state index contributed by atoms with van der Waals surface area (Å²) >= 11 is 1.41. The molecule has 3 unspecified atom stereocenters. The number of aromatic nitrogens is 2. The summed E-state index contributed by atoms with van der Waals surface area (Å²) in [6.45, 7) is 4.67. The van der Waals surface area contributed by atoms with E-state index in [1.807, 2.05) is 12.1 Å². The second kappa shape index (κ2) is 11.1. The monoisotopic (exact) mass is 574 g/mol. The van der Waals surface area contributed by atoms with Gasteiger partial charge >= 0.3 is 12.0 Å². The Balaban J connectivity index is 1.75. The van der Waals surface area contributed by atoms with Gasteiger partial charge in [-0.25, -0.2) is 14.8 Å². The summed E-state index contributed by atoms with van der Waals surface area (Å²) in [7, 11) is 1.49. The molecule has 2 amide bonds. The van der Waals surface area contributed by atoms with Gasteiger partial charge in [0.25, 0.3) is 0 Å². The molecule has 0 aliphatic carbocycles. The molecular weight excluding hydrogens is 544 g/mol. The quantitative estimate of drug-likeness (QED) is 0.331. The van der Waals surface area contributed by atoms with E-state index in [1.54, 1.807) is 55.0 Å².